The lowest BCUT2D eigenvalue weighted by Crippen LogP contribution is -1.90. The predicted octanol–water partition coefficient (Wildman–Crippen LogP) is 1.87. The number of carbonyl (C=O) groups is 1. The Labute approximate surface area is 78.9 Å². The van der Waals surface area contributed by atoms with Gasteiger partial charge in [0.1, 0.15) is 4.60 Å². The van der Waals surface area contributed by atoms with Crippen molar-refractivity contribution in [3.8, 4) is 0 Å². The van der Waals surface area contributed by atoms with Crippen LogP contribution in [0.3, 0.4) is 0 Å². The summed E-state index contributed by atoms with van der Waals surface area (Å²) in [5.41, 5.74) is 1.68. The summed E-state index contributed by atoms with van der Waals surface area (Å²) in [6, 6.07) is 0. The van der Waals surface area contributed by atoms with Gasteiger partial charge in [-0.05, 0) is 28.8 Å². The van der Waals surface area contributed by atoms with Crippen molar-refractivity contribution in [1.82, 2.24) is 9.78 Å². The number of aromatic nitrogens is 2. The van der Waals surface area contributed by atoms with Gasteiger partial charge in [0.15, 0.2) is 6.29 Å². The number of hydrogen-bond acceptors (Lipinski definition) is 2. The van der Waals surface area contributed by atoms with Crippen LogP contribution in [0.1, 0.15) is 34.8 Å². The highest BCUT2D eigenvalue weighted by Crippen LogP contribution is 2.41. The van der Waals surface area contributed by atoms with Gasteiger partial charge in [-0.25, -0.2) is 0 Å². The van der Waals surface area contributed by atoms with Crippen molar-refractivity contribution in [1.29, 1.82) is 0 Å². The smallest absolute Gasteiger partial charge is 0.154 e. The number of rotatable bonds is 2. The van der Waals surface area contributed by atoms with Crippen LogP contribution in [0.15, 0.2) is 4.60 Å². The second-order valence-corrected chi connectivity index (χ2v) is 3.86. The van der Waals surface area contributed by atoms with E-state index in [2.05, 4.69) is 21.0 Å². The maximum absolute atomic E-state index is 10.7. The van der Waals surface area contributed by atoms with Crippen LogP contribution in [0.2, 0.25) is 0 Å². The third-order valence-electron chi connectivity index (χ3n) is 2.12. The quantitative estimate of drug-likeness (QED) is 0.725. The van der Waals surface area contributed by atoms with Crippen LogP contribution in [-0.2, 0) is 7.05 Å². The molecule has 0 amide bonds. The summed E-state index contributed by atoms with van der Waals surface area (Å²) in [6.07, 6.45) is 3.22. The molecule has 1 saturated carbocycles. The summed E-state index contributed by atoms with van der Waals surface area (Å²) in [6.45, 7) is 0. The average molecular weight is 229 g/mol. The van der Waals surface area contributed by atoms with E-state index in [4.69, 9.17) is 0 Å². The number of hydrogen-bond donors (Lipinski definition) is 0. The zero-order chi connectivity index (χ0) is 8.72. The molecule has 64 valence electrons. The van der Waals surface area contributed by atoms with Crippen LogP contribution in [-0.4, -0.2) is 16.1 Å². The molecule has 0 aliphatic heterocycles. The van der Waals surface area contributed by atoms with E-state index < -0.39 is 0 Å². The molecular formula is C8H9BrN2O. The molecule has 1 aromatic rings. The van der Waals surface area contributed by atoms with Gasteiger partial charge in [-0.15, -0.1) is 0 Å². The van der Waals surface area contributed by atoms with Crippen LogP contribution in [0.5, 0.6) is 0 Å². The summed E-state index contributed by atoms with van der Waals surface area (Å²) >= 11 is 3.33. The van der Waals surface area contributed by atoms with Gasteiger partial charge >= 0.3 is 0 Å². The number of aryl methyl sites for hydroxylation is 1. The minimum absolute atomic E-state index is 0.530. The highest BCUT2D eigenvalue weighted by atomic mass is 79.9. The van der Waals surface area contributed by atoms with Crippen LogP contribution in [0.4, 0.5) is 0 Å². The van der Waals surface area contributed by atoms with Gasteiger partial charge in [0.2, 0.25) is 0 Å². The number of carbonyl (C=O) groups excluding carboxylic acids is 1. The van der Waals surface area contributed by atoms with Crippen molar-refractivity contribution in [3.05, 3.63) is 15.9 Å². The number of aldehydes is 1. The maximum atomic E-state index is 10.7. The molecule has 0 spiro atoms. The lowest BCUT2D eigenvalue weighted by molar-refractivity contribution is 0.112. The van der Waals surface area contributed by atoms with Gasteiger partial charge in [0.25, 0.3) is 0 Å². The lowest BCUT2D eigenvalue weighted by Gasteiger charge is -1.88. The topological polar surface area (TPSA) is 34.9 Å². The molecule has 0 atom stereocenters. The fraction of sp³-hybridized carbons (Fsp3) is 0.500. The summed E-state index contributed by atoms with van der Waals surface area (Å²) in [5.74, 6) is 0.530. The summed E-state index contributed by atoms with van der Waals surface area (Å²) in [5, 5.41) is 4.28. The van der Waals surface area contributed by atoms with E-state index in [-0.39, 0.29) is 0 Å². The molecule has 0 N–H and O–H groups in total. The van der Waals surface area contributed by atoms with Gasteiger partial charge in [0, 0.05) is 13.0 Å². The van der Waals surface area contributed by atoms with E-state index in [0.717, 1.165) is 22.1 Å². The summed E-state index contributed by atoms with van der Waals surface area (Å²) in [4.78, 5) is 10.7. The van der Waals surface area contributed by atoms with Gasteiger partial charge in [-0.1, -0.05) is 0 Å². The fourth-order valence-corrected chi connectivity index (χ4v) is 1.68. The Balaban J connectivity index is 2.51. The van der Waals surface area contributed by atoms with Crippen LogP contribution in [0, 0.1) is 0 Å². The molecule has 0 unspecified atom stereocenters. The van der Waals surface area contributed by atoms with Gasteiger partial charge in [0.05, 0.1) is 11.3 Å². The Bertz CT molecular complexity index is 328. The van der Waals surface area contributed by atoms with E-state index >= 15 is 0 Å². The molecular weight excluding hydrogens is 220 g/mol. The molecule has 1 fully saturated rings. The maximum Gasteiger partial charge on any atom is 0.154 e. The molecule has 0 aromatic carbocycles. The molecule has 0 bridgehead atoms. The molecule has 4 heteroatoms. The molecule has 0 saturated heterocycles. The third kappa shape index (κ3) is 1.10. The van der Waals surface area contributed by atoms with Crippen molar-refractivity contribution in [2.24, 2.45) is 7.05 Å². The highest BCUT2D eigenvalue weighted by molar-refractivity contribution is 9.10. The van der Waals surface area contributed by atoms with Crippen LogP contribution < -0.4 is 0 Å². The number of nitrogens with zero attached hydrogens (tertiary/aromatic N) is 2. The molecule has 12 heavy (non-hydrogen) atoms. The molecule has 1 aromatic heterocycles. The van der Waals surface area contributed by atoms with Crippen molar-refractivity contribution in [3.63, 3.8) is 0 Å². The van der Waals surface area contributed by atoms with E-state index in [1.165, 1.54) is 12.8 Å². The first-order chi connectivity index (χ1) is 5.74. The third-order valence-corrected chi connectivity index (χ3v) is 3.06. The Morgan fingerprint density at radius 1 is 1.67 bits per heavy atom. The first kappa shape index (κ1) is 7.98. The molecule has 1 aliphatic rings. The van der Waals surface area contributed by atoms with E-state index in [1.807, 2.05) is 7.05 Å². The monoisotopic (exact) mass is 228 g/mol. The zero-order valence-corrected chi connectivity index (χ0v) is 8.34. The lowest BCUT2D eigenvalue weighted by atomic mass is 10.2. The fourth-order valence-electron chi connectivity index (χ4n) is 1.31. The van der Waals surface area contributed by atoms with Crippen molar-refractivity contribution < 1.29 is 4.79 Å². The van der Waals surface area contributed by atoms with Crippen molar-refractivity contribution in [2.75, 3.05) is 0 Å². The van der Waals surface area contributed by atoms with Crippen molar-refractivity contribution >= 4 is 22.2 Å². The van der Waals surface area contributed by atoms with E-state index in [9.17, 15) is 4.79 Å². The second kappa shape index (κ2) is 2.69. The molecule has 1 aliphatic carbocycles. The SMILES string of the molecule is Cn1nc(C2CC2)c(C=O)c1Br. The minimum atomic E-state index is 0.530. The van der Waals surface area contributed by atoms with Crippen LogP contribution in [0.25, 0.3) is 0 Å². The normalized spacial score (nSPS) is 16.5. The predicted molar refractivity (Wildman–Crippen MR) is 48.3 cm³/mol. The molecule has 3 nitrogen and oxygen atoms in total. The minimum Gasteiger partial charge on any atom is -0.298 e. The second-order valence-electron chi connectivity index (χ2n) is 3.11. The van der Waals surface area contributed by atoms with Crippen molar-refractivity contribution in [2.45, 2.75) is 18.8 Å². The Hall–Kier alpha value is -0.640. The standard InChI is InChI=1S/C8H9BrN2O/c1-11-8(9)6(4-12)7(10-11)5-2-3-5/h4-5H,2-3H2,1H3. The Kier molecular flexibility index (Phi) is 1.79. The average Bonchev–Trinajstić information content (AvgIpc) is 2.82. The first-order valence-corrected chi connectivity index (χ1v) is 4.71. The van der Waals surface area contributed by atoms with Gasteiger partial charge in [-0.2, -0.15) is 5.10 Å². The largest absolute Gasteiger partial charge is 0.298 e. The Morgan fingerprint density at radius 3 is 2.83 bits per heavy atom. The van der Waals surface area contributed by atoms with Crippen LogP contribution >= 0.6 is 15.9 Å². The number of halogens is 1. The first-order valence-electron chi connectivity index (χ1n) is 3.91. The molecule has 2 rings (SSSR count). The van der Waals surface area contributed by atoms with Gasteiger partial charge < -0.3 is 0 Å². The Morgan fingerprint density at radius 2 is 2.33 bits per heavy atom. The highest BCUT2D eigenvalue weighted by Gasteiger charge is 2.30. The molecule has 1 heterocycles. The van der Waals surface area contributed by atoms with Gasteiger partial charge in [-0.3, -0.25) is 9.48 Å². The summed E-state index contributed by atoms with van der Waals surface area (Å²) in [7, 11) is 1.84. The van der Waals surface area contributed by atoms with E-state index in [1.54, 1.807) is 4.68 Å². The zero-order valence-electron chi connectivity index (χ0n) is 6.75. The summed E-state index contributed by atoms with van der Waals surface area (Å²) < 4.78 is 2.50. The molecule has 0 radical (unpaired) electrons. The van der Waals surface area contributed by atoms with E-state index in [0.29, 0.717) is 5.92 Å².